The minimum Gasteiger partial charge on any atom is -0.301 e. The second-order valence-corrected chi connectivity index (χ2v) is 10.0. The molecule has 30 heavy (non-hydrogen) atoms. The fourth-order valence-electron chi connectivity index (χ4n) is 3.19. The lowest BCUT2D eigenvalue weighted by molar-refractivity contribution is -0.141. The van der Waals surface area contributed by atoms with Gasteiger partial charge in [0.2, 0.25) is 5.91 Å². The minimum absolute atomic E-state index is 0.0205. The van der Waals surface area contributed by atoms with Gasteiger partial charge in [0.1, 0.15) is 11.0 Å². The van der Waals surface area contributed by atoms with E-state index < -0.39 is 16.4 Å². The summed E-state index contributed by atoms with van der Waals surface area (Å²) in [6.07, 6.45) is 3.77. The molecule has 0 saturated carbocycles. The van der Waals surface area contributed by atoms with Gasteiger partial charge >= 0.3 is 0 Å². The Morgan fingerprint density at radius 1 is 1.13 bits per heavy atom. The summed E-state index contributed by atoms with van der Waals surface area (Å²) in [7, 11) is -1.59. The van der Waals surface area contributed by atoms with Crippen molar-refractivity contribution < 1.29 is 9.00 Å². The molecule has 1 N–H and O–H groups in total. The molecule has 1 amide bonds. The van der Waals surface area contributed by atoms with Crippen LogP contribution in [0.2, 0.25) is 15.1 Å². The molecule has 1 atom stereocenters. The Hall–Kier alpha value is -1.73. The Morgan fingerprint density at radius 2 is 1.87 bits per heavy atom. The number of hydrogen-bond donors (Lipinski definition) is 1. The lowest BCUT2D eigenvalue weighted by Gasteiger charge is -2.27. The Morgan fingerprint density at radius 3 is 2.53 bits per heavy atom. The van der Waals surface area contributed by atoms with Crippen LogP contribution in [-0.2, 0) is 22.3 Å². The molecule has 1 aliphatic rings. The van der Waals surface area contributed by atoms with Gasteiger partial charge in [-0.25, -0.2) is 9.22 Å². The minimum atomic E-state index is -1.59. The molecule has 0 radical (unpaired) electrons. The van der Waals surface area contributed by atoms with Crippen LogP contribution in [0.5, 0.6) is 0 Å². The van der Waals surface area contributed by atoms with Crippen molar-refractivity contribution in [1.82, 2.24) is 10.0 Å². The molecule has 0 aliphatic carbocycles. The number of allylic oxidation sites excluding steroid dienone is 1. The highest BCUT2D eigenvalue weighted by Gasteiger charge is 2.43. The van der Waals surface area contributed by atoms with Gasteiger partial charge in [-0.1, -0.05) is 46.9 Å². The van der Waals surface area contributed by atoms with Crippen LogP contribution in [0.25, 0.3) is 0 Å². The second-order valence-electron chi connectivity index (χ2n) is 7.57. The maximum absolute atomic E-state index is 12.9. The van der Waals surface area contributed by atoms with E-state index in [1.807, 2.05) is 44.1 Å². The standard InChI is InChI=1S/C21H22Cl3N3O2S/c1-4-9-26-13-21(2,3)20(28)27(26)12-14-5-6-15(22)10-19(14)25-30(29)16-7-8-17(23)18(24)11-16/h4-11,25H,12-13H2,1-3H3/b9-4+. The van der Waals surface area contributed by atoms with Crippen LogP contribution in [0.4, 0.5) is 5.69 Å². The topological polar surface area (TPSA) is 52.7 Å². The summed E-state index contributed by atoms with van der Waals surface area (Å²) >= 11 is 18.2. The lowest BCUT2D eigenvalue weighted by Crippen LogP contribution is -2.36. The molecule has 1 saturated heterocycles. The van der Waals surface area contributed by atoms with Crippen molar-refractivity contribution in [2.75, 3.05) is 11.3 Å². The zero-order valence-corrected chi connectivity index (χ0v) is 19.9. The number of amides is 1. The van der Waals surface area contributed by atoms with E-state index >= 15 is 0 Å². The Bertz CT molecular complexity index is 1030. The highest BCUT2D eigenvalue weighted by Crippen LogP contribution is 2.33. The smallest absolute Gasteiger partial charge is 0.248 e. The number of benzene rings is 2. The molecule has 2 aromatic rings. The number of halogens is 3. The fraction of sp³-hybridized carbons (Fsp3) is 0.286. The highest BCUT2D eigenvalue weighted by atomic mass is 35.5. The quantitative estimate of drug-likeness (QED) is 0.553. The van der Waals surface area contributed by atoms with Crippen molar-refractivity contribution in [2.45, 2.75) is 32.2 Å². The van der Waals surface area contributed by atoms with E-state index in [-0.39, 0.29) is 5.91 Å². The Labute approximate surface area is 194 Å². The molecule has 3 rings (SSSR count). The first-order chi connectivity index (χ1) is 14.1. The van der Waals surface area contributed by atoms with Crippen LogP contribution in [0.3, 0.4) is 0 Å². The predicted molar refractivity (Wildman–Crippen MR) is 124 cm³/mol. The summed E-state index contributed by atoms with van der Waals surface area (Å²) in [6.45, 7) is 6.65. The lowest BCUT2D eigenvalue weighted by atomic mass is 9.94. The normalized spacial score (nSPS) is 17.1. The number of rotatable bonds is 6. The van der Waals surface area contributed by atoms with E-state index in [9.17, 15) is 9.00 Å². The van der Waals surface area contributed by atoms with Gasteiger partial charge in [-0.2, -0.15) is 0 Å². The SMILES string of the molecule is C/C=C/N1CC(C)(C)C(=O)N1Cc1ccc(Cl)cc1NS(=O)c1ccc(Cl)c(Cl)c1. The summed E-state index contributed by atoms with van der Waals surface area (Å²) < 4.78 is 15.8. The number of hydrogen-bond acceptors (Lipinski definition) is 3. The Kier molecular flexibility index (Phi) is 7.02. The van der Waals surface area contributed by atoms with Crippen LogP contribution in [0, 0.1) is 5.41 Å². The van der Waals surface area contributed by atoms with Gasteiger partial charge in [-0.05, 0) is 56.7 Å². The monoisotopic (exact) mass is 485 g/mol. The predicted octanol–water partition coefficient (Wildman–Crippen LogP) is 5.90. The maximum atomic E-state index is 12.9. The summed E-state index contributed by atoms with van der Waals surface area (Å²) in [4.78, 5) is 13.4. The largest absolute Gasteiger partial charge is 0.301 e. The number of hydrazine groups is 1. The molecule has 160 valence electrons. The van der Waals surface area contributed by atoms with Gasteiger partial charge in [0.15, 0.2) is 0 Å². The molecule has 0 aromatic heterocycles. The number of carbonyl (C=O) groups is 1. The molecular weight excluding hydrogens is 465 g/mol. The van der Waals surface area contributed by atoms with Crippen LogP contribution in [-0.4, -0.2) is 26.7 Å². The first-order valence-electron chi connectivity index (χ1n) is 9.25. The van der Waals surface area contributed by atoms with Gasteiger partial charge < -0.3 is 4.72 Å². The third-order valence-corrected chi connectivity index (χ3v) is 6.76. The number of carbonyl (C=O) groups excluding carboxylic acids is 1. The zero-order chi connectivity index (χ0) is 22.1. The summed E-state index contributed by atoms with van der Waals surface area (Å²) in [5.41, 5.74) is 0.862. The van der Waals surface area contributed by atoms with E-state index in [1.54, 1.807) is 35.3 Å². The zero-order valence-electron chi connectivity index (χ0n) is 16.8. The summed E-state index contributed by atoms with van der Waals surface area (Å²) in [5.74, 6) is 0.0205. The van der Waals surface area contributed by atoms with E-state index in [0.29, 0.717) is 38.7 Å². The van der Waals surface area contributed by atoms with Crippen LogP contribution in [0.15, 0.2) is 53.6 Å². The van der Waals surface area contributed by atoms with Crippen molar-refractivity contribution >= 4 is 57.4 Å². The molecule has 1 aliphatic heterocycles. The van der Waals surface area contributed by atoms with E-state index in [4.69, 9.17) is 34.8 Å². The van der Waals surface area contributed by atoms with Gasteiger partial charge in [0.05, 0.1) is 39.1 Å². The maximum Gasteiger partial charge on any atom is 0.248 e. The first-order valence-corrected chi connectivity index (χ1v) is 11.5. The average Bonchev–Trinajstić information content (AvgIpc) is 2.89. The molecule has 9 heteroatoms. The Balaban J connectivity index is 1.89. The molecule has 2 aromatic carbocycles. The van der Waals surface area contributed by atoms with Crippen molar-refractivity contribution in [3.8, 4) is 0 Å². The van der Waals surface area contributed by atoms with Crippen molar-refractivity contribution in [3.05, 3.63) is 69.3 Å². The van der Waals surface area contributed by atoms with Crippen molar-refractivity contribution in [1.29, 1.82) is 0 Å². The highest BCUT2D eigenvalue weighted by molar-refractivity contribution is 7.86. The molecule has 1 heterocycles. The first kappa shape index (κ1) is 22.9. The molecular formula is C21H22Cl3N3O2S. The molecule has 0 bridgehead atoms. The van der Waals surface area contributed by atoms with Gasteiger partial charge in [-0.15, -0.1) is 0 Å². The number of nitrogens with zero attached hydrogens (tertiary/aromatic N) is 2. The summed E-state index contributed by atoms with van der Waals surface area (Å²) in [6, 6.07) is 10.0. The third kappa shape index (κ3) is 4.94. The van der Waals surface area contributed by atoms with Crippen LogP contribution < -0.4 is 4.72 Å². The third-order valence-electron chi connectivity index (χ3n) is 4.70. The number of anilines is 1. The van der Waals surface area contributed by atoms with Gasteiger partial charge in [0, 0.05) is 11.2 Å². The average molecular weight is 487 g/mol. The molecule has 5 nitrogen and oxygen atoms in total. The van der Waals surface area contributed by atoms with Crippen LogP contribution in [0.1, 0.15) is 26.3 Å². The van der Waals surface area contributed by atoms with E-state index in [2.05, 4.69) is 4.72 Å². The van der Waals surface area contributed by atoms with E-state index in [0.717, 1.165) is 5.56 Å². The van der Waals surface area contributed by atoms with Gasteiger partial charge in [-0.3, -0.25) is 9.80 Å². The van der Waals surface area contributed by atoms with Crippen molar-refractivity contribution in [2.24, 2.45) is 5.41 Å². The molecule has 1 fully saturated rings. The second kappa shape index (κ2) is 9.18. The fourth-order valence-corrected chi connectivity index (χ4v) is 4.64. The van der Waals surface area contributed by atoms with Crippen molar-refractivity contribution in [3.63, 3.8) is 0 Å². The molecule has 1 unspecified atom stereocenters. The summed E-state index contributed by atoms with van der Waals surface area (Å²) in [5, 5.41) is 4.79. The van der Waals surface area contributed by atoms with Crippen LogP contribution >= 0.6 is 34.8 Å². The van der Waals surface area contributed by atoms with Gasteiger partial charge in [0.25, 0.3) is 0 Å². The van der Waals surface area contributed by atoms with E-state index in [1.165, 1.54) is 0 Å². The molecule has 0 spiro atoms. The number of nitrogens with one attached hydrogen (secondary N) is 1.